The number of rotatable bonds is 6. The van der Waals surface area contributed by atoms with Crippen LogP contribution in [0, 0.1) is 0 Å². The molecule has 7 nitrogen and oxygen atoms in total. The first-order valence-electron chi connectivity index (χ1n) is 4.86. The highest BCUT2D eigenvalue weighted by Gasteiger charge is 2.17. The van der Waals surface area contributed by atoms with E-state index < -0.39 is 22.5 Å². The van der Waals surface area contributed by atoms with Crippen LogP contribution >= 0.6 is 11.3 Å². The molecule has 0 aromatic carbocycles. The third kappa shape index (κ3) is 4.43. The zero-order chi connectivity index (χ0) is 13.8. The number of carboxylic acid groups (broad SMARTS) is 1. The maximum absolute atomic E-state index is 11.6. The molecule has 0 saturated heterocycles. The molecular weight excluding hydrogens is 280 g/mol. The van der Waals surface area contributed by atoms with Crippen LogP contribution in [0.2, 0.25) is 0 Å². The van der Waals surface area contributed by atoms with Gasteiger partial charge in [-0.05, 0) is 12.1 Å². The van der Waals surface area contributed by atoms with Gasteiger partial charge in [0.2, 0.25) is 5.91 Å². The molecule has 0 atom stereocenters. The normalized spacial score (nSPS) is 11.2. The largest absolute Gasteiger partial charge is 0.480 e. The first-order chi connectivity index (χ1) is 8.31. The quantitative estimate of drug-likeness (QED) is 0.669. The number of carboxylic acids is 1. The summed E-state index contributed by atoms with van der Waals surface area (Å²) in [6.45, 7) is 0.940. The summed E-state index contributed by atoms with van der Waals surface area (Å²) in [7, 11) is -3.80. The minimum absolute atomic E-state index is 0.0177. The molecule has 1 rings (SSSR count). The Hall–Kier alpha value is -1.45. The van der Waals surface area contributed by atoms with Crippen molar-refractivity contribution in [2.75, 3.05) is 6.54 Å². The van der Waals surface area contributed by atoms with Crippen molar-refractivity contribution in [1.82, 2.24) is 10.0 Å². The summed E-state index contributed by atoms with van der Waals surface area (Å²) in [6.07, 6.45) is 0. The van der Waals surface area contributed by atoms with Crippen molar-refractivity contribution in [2.24, 2.45) is 0 Å². The predicted molar refractivity (Wildman–Crippen MR) is 64.7 cm³/mol. The first kappa shape index (κ1) is 14.6. The van der Waals surface area contributed by atoms with Gasteiger partial charge < -0.3 is 10.4 Å². The Morgan fingerprint density at radius 1 is 1.39 bits per heavy atom. The molecule has 0 saturated carbocycles. The molecule has 9 heteroatoms. The van der Waals surface area contributed by atoms with E-state index in [4.69, 9.17) is 5.11 Å². The average Bonchev–Trinajstić information content (AvgIpc) is 2.73. The van der Waals surface area contributed by atoms with Gasteiger partial charge in [0.25, 0.3) is 10.0 Å². The van der Waals surface area contributed by atoms with Gasteiger partial charge in [-0.15, -0.1) is 11.3 Å². The summed E-state index contributed by atoms with van der Waals surface area (Å²) in [5.74, 6) is -1.47. The fourth-order valence-electron chi connectivity index (χ4n) is 1.04. The summed E-state index contributed by atoms with van der Waals surface area (Å²) >= 11 is 0.975. The summed E-state index contributed by atoms with van der Waals surface area (Å²) in [5, 5.41) is 10.9. The SMILES string of the molecule is CC(=O)NCc1ccc(S(=O)(=O)NCC(=O)O)s1. The molecule has 1 heterocycles. The number of nitrogens with one attached hydrogen (secondary N) is 2. The van der Waals surface area contributed by atoms with Crippen molar-refractivity contribution in [3.63, 3.8) is 0 Å². The van der Waals surface area contributed by atoms with Crippen LogP contribution in [0.25, 0.3) is 0 Å². The smallest absolute Gasteiger partial charge is 0.318 e. The Bertz CT molecular complexity index is 549. The highest BCUT2D eigenvalue weighted by molar-refractivity contribution is 7.91. The van der Waals surface area contributed by atoms with Crippen LogP contribution in [0.4, 0.5) is 0 Å². The number of aliphatic carboxylic acids is 1. The molecule has 1 aromatic heterocycles. The Kier molecular flexibility index (Phi) is 4.82. The third-order valence-electron chi connectivity index (χ3n) is 1.83. The van der Waals surface area contributed by atoms with Crippen LogP contribution < -0.4 is 10.0 Å². The maximum atomic E-state index is 11.6. The van der Waals surface area contributed by atoms with Crippen LogP contribution in [0.1, 0.15) is 11.8 Å². The number of hydrogen-bond acceptors (Lipinski definition) is 5. The van der Waals surface area contributed by atoms with Crippen molar-refractivity contribution < 1.29 is 23.1 Å². The molecule has 18 heavy (non-hydrogen) atoms. The van der Waals surface area contributed by atoms with Crippen LogP contribution in [0.3, 0.4) is 0 Å². The van der Waals surface area contributed by atoms with Crippen molar-refractivity contribution in [1.29, 1.82) is 0 Å². The number of amides is 1. The molecule has 3 N–H and O–H groups in total. The van der Waals surface area contributed by atoms with Gasteiger partial charge in [0.15, 0.2) is 0 Å². The molecule has 1 amide bonds. The van der Waals surface area contributed by atoms with Crippen molar-refractivity contribution in [2.45, 2.75) is 17.7 Å². The van der Waals surface area contributed by atoms with Crippen LogP contribution in [-0.2, 0) is 26.2 Å². The molecule has 100 valence electrons. The lowest BCUT2D eigenvalue weighted by atomic mass is 10.4. The Labute approximate surface area is 108 Å². The van der Waals surface area contributed by atoms with E-state index >= 15 is 0 Å². The molecule has 0 radical (unpaired) electrons. The van der Waals surface area contributed by atoms with E-state index in [-0.39, 0.29) is 16.7 Å². The summed E-state index contributed by atoms with van der Waals surface area (Å²) in [4.78, 5) is 21.7. The van der Waals surface area contributed by atoms with E-state index in [1.54, 1.807) is 6.07 Å². The molecular formula is C9H12N2O5S2. The second-order valence-electron chi connectivity index (χ2n) is 3.35. The molecule has 0 aliphatic carbocycles. The second kappa shape index (κ2) is 5.94. The van der Waals surface area contributed by atoms with Gasteiger partial charge in [-0.1, -0.05) is 0 Å². The molecule has 0 bridgehead atoms. The van der Waals surface area contributed by atoms with Gasteiger partial charge in [-0.3, -0.25) is 9.59 Å². The van der Waals surface area contributed by atoms with Crippen molar-refractivity contribution in [3.8, 4) is 0 Å². The zero-order valence-electron chi connectivity index (χ0n) is 9.47. The number of thiophene rings is 1. The zero-order valence-corrected chi connectivity index (χ0v) is 11.1. The number of sulfonamides is 1. The molecule has 0 aliphatic heterocycles. The number of carbonyl (C=O) groups is 2. The Balaban J connectivity index is 2.72. The highest BCUT2D eigenvalue weighted by atomic mass is 32.2. The van der Waals surface area contributed by atoms with Crippen LogP contribution in [0.5, 0.6) is 0 Å². The predicted octanol–water partition coefficient (Wildman–Crippen LogP) is -0.253. The number of carbonyl (C=O) groups excluding carboxylic acids is 1. The maximum Gasteiger partial charge on any atom is 0.318 e. The third-order valence-corrected chi connectivity index (χ3v) is 4.81. The Morgan fingerprint density at radius 3 is 2.61 bits per heavy atom. The van der Waals surface area contributed by atoms with Gasteiger partial charge in [0.1, 0.15) is 10.8 Å². The van der Waals surface area contributed by atoms with Gasteiger partial charge in [0.05, 0.1) is 6.54 Å². The minimum Gasteiger partial charge on any atom is -0.480 e. The summed E-state index contributed by atoms with van der Waals surface area (Å²) in [5.41, 5.74) is 0. The molecule has 0 aliphatic rings. The van der Waals surface area contributed by atoms with E-state index in [0.717, 1.165) is 11.3 Å². The van der Waals surface area contributed by atoms with Gasteiger partial charge in [-0.2, -0.15) is 4.72 Å². The lowest BCUT2D eigenvalue weighted by molar-refractivity contribution is -0.135. The fourth-order valence-corrected chi connectivity index (χ4v) is 3.35. The van der Waals surface area contributed by atoms with E-state index in [9.17, 15) is 18.0 Å². The summed E-state index contributed by atoms with van der Waals surface area (Å²) < 4.78 is 25.2. The number of hydrogen-bond donors (Lipinski definition) is 3. The van der Waals surface area contributed by atoms with Crippen molar-refractivity contribution >= 4 is 33.2 Å². The molecule has 0 fully saturated rings. The Morgan fingerprint density at radius 2 is 2.06 bits per heavy atom. The average molecular weight is 292 g/mol. The van der Waals surface area contributed by atoms with Gasteiger partial charge in [-0.25, -0.2) is 8.42 Å². The van der Waals surface area contributed by atoms with E-state index in [1.807, 2.05) is 4.72 Å². The molecule has 1 aromatic rings. The van der Waals surface area contributed by atoms with E-state index in [2.05, 4.69) is 5.32 Å². The van der Waals surface area contributed by atoms with Crippen LogP contribution in [-0.4, -0.2) is 31.9 Å². The lowest BCUT2D eigenvalue weighted by Crippen LogP contribution is -2.28. The minimum atomic E-state index is -3.80. The standard InChI is InChI=1S/C9H12N2O5S2/c1-6(12)10-4-7-2-3-9(17-7)18(15,16)11-5-8(13)14/h2-3,11H,4-5H2,1H3,(H,10,12)(H,13,14). The van der Waals surface area contributed by atoms with E-state index in [0.29, 0.717) is 4.88 Å². The first-order valence-corrected chi connectivity index (χ1v) is 7.16. The highest BCUT2D eigenvalue weighted by Crippen LogP contribution is 2.21. The van der Waals surface area contributed by atoms with Gasteiger partial charge in [0, 0.05) is 11.8 Å². The second-order valence-corrected chi connectivity index (χ2v) is 6.51. The molecule has 0 unspecified atom stereocenters. The monoisotopic (exact) mass is 292 g/mol. The fraction of sp³-hybridized carbons (Fsp3) is 0.333. The molecule has 0 spiro atoms. The van der Waals surface area contributed by atoms with E-state index in [1.165, 1.54) is 13.0 Å². The van der Waals surface area contributed by atoms with Gasteiger partial charge >= 0.3 is 5.97 Å². The lowest BCUT2D eigenvalue weighted by Gasteiger charge is -2.01. The van der Waals surface area contributed by atoms with Crippen LogP contribution in [0.15, 0.2) is 16.3 Å². The summed E-state index contributed by atoms with van der Waals surface area (Å²) in [6, 6.07) is 2.93. The topological polar surface area (TPSA) is 113 Å². The van der Waals surface area contributed by atoms with Crippen molar-refractivity contribution in [3.05, 3.63) is 17.0 Å².